The molecule has 3 saturated heterocycles. The Kier molecular flexibility index (Phi) is 1.36. The van der Waals surface area contributed by atoms with Crippen LogP contribution >= 0.6 is 0 Å². The molecule has 2 bridgehead atoms. The average molecular weight is 168 g/mol. The predicted molar refractivity (Wildman–Crippen MR) is 41.6 cm³/mol. The molecule has 3 heterocycles. The quantitative estimate of drug-likeness (QED) is 0.426. The van der Waals surface area contributed by atoms with Crippen LogP contribution in [0.2, 0.25) is 0 Å². The Bertz CT molecular complexity index is 226. The minimum atomic E-state index is -0.0680. The molecule has 0 spiro atoms. The largest absolute Gasteiger partial charge is 0.363 e. The molecule has 0 aliphatic carbocycles. The summed E-state index contributed by atoms with van der Waals surface area (Å²) in [6.45, 7) is 2.76. The van der Waals surface area contributed by atoms with Crippen LogP contribution in [0.1, 0.15) is 6.92 Å². The molecule has 0 N–H and O–H groups in total. The summed E-state index contributed by atoms with van der Waals surface area (Å²) in [5, 5.41) is 0. The minimum Gasteiger partial charge on any atom is -0.363 e. The van der Waals surface area contributed by atoms with E-state index in [9.17, 15) is 0 Å². The summed E-state index contributed by atoms with van der Waals surface area (Å²) in [5.74, 6) is 0.416. The van der Waals surface area contributed by atoms with E-state index in [4.69, 9.17) is 14.2 Å². The van der Waals surface area contributed by atoms with Gasteiger partial charge in [-0.3, -0.25) is 0 Å². The Morgan fingerprint density at radius 2 is 2.17 bits per heavy atom. The number of fused-ring (bicyclic) bond motifs is 4. The van der Waals surface area contributed by atoms with E-state index in [2.05, 4.69) is 12.2 Å². The fourth-order valence-electron chi connectivity index (χ4n) is 2.15. The van der Waals surface area contributed by atoms with Crippen LogP contribution in [0, 0.1) is 5.92 Å². The van der Waals surface area contributed by atoms with Crippen molar-refractivity contribution in [2.75, 3.05) is 6.61 Å². The molecule has 0 aromatic heterocycles. The number of hydrogen-bond acceptors (Lipinski definition) is 3. The third-order valence-corrected chi connectivity index (χ3v) is 2.79. The van der Waals surface area contributed by atoms with Crippen LogP contribution in [0.3, 0.4) is 0 Å². The molecule has 0 aromatic carbocycles. The lowest BCUT2D eigenvalue weighted by Gasteiger charge is -2.20. The number of rotatable bonds is 1. The highest BCUT2D eigenvalue weighted by Crippen LogP contribution is 2.45. The van der Waals surface area contributed by atoms with Crippen molar-refractivity contribution in [1.82, 2.24) is 0 Å². The SMILES string of the molecule is CC=C[C@@H]1C2CO[C@H](O2)C2O[C@@H]21. The monoisotopic (exact) mass is 168 g/mol. The van der Waals surface area contributed by atoms with Crippen molar-refractivity contribution in [3.8, 4) is 0 Å². The lowest BCUT2D eigenvalue weighted by Crippen LogP contribution is -2.34. The molecule has 0 saturated carbocycles. The summed E-state index contributed by atoms with van der Waals surface area (Å²) in [5.41, 5.74) is 0. The van der Waals surface area contributed by atoms with Gasteiger partial charge in [-0.05, 0) is 6.92 Å². The van der Waals surface area contributed by atoms with Gasteiger partial charge < -0.3 is 14.2 Å². The van der Waals surface area contributed by atoms with Crippen LogP contribution in [0.15, 0.2) is 12.2 Å². The molecule has 3 heteroatoms. The van der Waals surface area contributed by atoms with Gasteiger partial charge in [0.1, 0.15) is 6.10 Å². The first-order valence-corrected chi connectivity index (χ1v) is 4.45. The third-order valence-electron chi connectivity index (χ3n) is 2.79. The Labute approximate surface area is 71.3 Å². The fraction of sp³-hybridized carbons (Fsp3) is 0.778. The smallest absolute Gasteiger partial charge is 0.186 e. The molecule has 3 fully saturated rings. The fourth-order valence-corrected chi connectivity index (χ4v) is 2.15. The van der Waals surface area contributed by atoms with Gasteiger partial charge in [0.25, 0.3) is 0 Å². The molecule has 0 aromatic rings. The Balaban J connectivity index is 1.85. The van der Waals surface area contributed by atoms with E-state index in [-0.39, 0.29) is 18.5 Å². The van der Waals surface area contributed by atoms with Gasteiger partial charge in [0.2, 0.25) is 0 Å². The average Bonchev–Trinajstić information content (AvgIpc) is 2.75. The summed E-state index contributed by atoms with van der Waals surface area (Å²) in [6.07, 6.45) is 4.97. The van der Waals surface area contributed by atoms with Crippen molar-refractivity contribution in [2.24, 2.45) is 5.92 Å². The number of allylic oxidation sites excluding steroid dienone is 1. The molecule has 12 heavy (non-hydrogen) atoms. The van der Waals surface area contributed by atoms with Crippen LogP contribution in [-0.2, 0) is 14.2 Å². The van der Waals surface area contributed by atoms with Crippen molar-refractivity contribution >= 4 is 0 Å². The Hall–Kier alpha value is -0.380. The van der Waals surface area contributed by atoms with Gasteiger partial charge >= 0.3 is 0 Å². The van der Waals surface area contributed by atoms with Crippen molar-refractivity contribution in [3.63, 3.8) is 0 Å². The molecule has 66 valence electrons. The first kappa shape index (κ1) is 7.06. The van der Waals surface area contributed by atoms with Crippen LogP contribution in [0.5, 0.6) is 0 Å². The summed E-state index contributed by atoms with van der Waals surface area (Å²) in [7, 11) is 0. The van der Waals surface area contributed by atoms with Crippen molar-refractivity contribution < 1.29 is 14.2 Å². The van der Waals surface area contributed by atoms with Crippen molar-refractivity contribution in [3.05, 3.63) is 12.2 Å². The zero-order valence-electron chi connectivity index (χ0n) is 6.97. The molecule has 3 aliphatic rings. The van der Waals surface area contributed by atoms with E-state index < -0.39 is 0 Å². The zero-order chi connectivity index (χ0) is 8.13. The summed E-state index contributed by atoms with van der Waals surface area (Å²) < 4.78 is 16.5. The maximum atomic E-state index is 5.62. The topological polar surface area (TPSA) is 31.0 Å². The lowest BCUT2D eigenvalue weighted by atomic mass is 9.95. The van der Waals surface area contributed by atoms with E-state index in [1.54, 1.807) is 0 Å². The molecule has 0 radical (unpaired) electrons. The van der Waals surface area contributed by atoms with Gasteiger partial charge in [0.15, 0.2) is 6.29 Å². The maximum absolute atomic E-state index is 5.62. The van der Waals surface area contributed by atoms with Crippen molar-refractivity contribution in [1.29, 1.82) is 0 Å². The zero-order valence-corrected chi connectivity index (χ0v) is 6.97. The number of epoxide rings is 1. The maximum Gasteiger partial charge on any atom is 0.186 e. The second-order valence-corrected chi connectivity index (χ2v) is 3.54. The first-order chi connectivity index (χ1) is 5.90. The molecule has 0 amide bonds. The van der Waals surface area contributed by atoms with Gasteiger partial charge in [0, 0.05) is 5.92 Å². The second kappa shape index (κ2) is 2.31. The summed E-state index contributed by atoms with van der Waals surface area (Å²) in [6, 6.07) is 0. The number of ether oxygens (including phenoxy) is 3. The van der Waals surface area contributed by atoms with Crippen LogP contribution in [0.25, 0.3) is 0 Å². The van der Waals surface area contributed by atoms with E-state index in [0.29, 0.717) is 12.0 Å². The molecule has 3 nitrogen and oxygen atoms in total. The van der Waals surface area contributed by atoms with Gasteiger partial charge in [-0.15, -0.1) is 0 Å². The molecule has 2 unspecified atom stereocenters. The molecule has 5 atom stereocenters. The summed E-state index contributed by atoms with van der Waals surface area (Å²) >= 11 is 0. The van der Waals surface area contributed by atoms with Crippen LogP contribution < -0.4 is 0 Å². The van der Waals surface area contributed by atoms with Gasteiger partial charge in [-0.25, -0.2) is 0 Å². The minimum absolute atomic E-state index is 0.0680. The Morgan fingerprint density at radius 3 is 3.00 bits per heavy atom. The van der Waals surface area contributed by atoms with E-state index in [1.807, 2.05) is 6.92 Å². The lowest BCUT2D eigenvalue weighted by molar-refractivity contribution is -0.0846. The van der Waals surface area contributed by atoms with E-state index >= 15 is 0 Å². The van der Waals surface area contributed by atoms with Crippen LogP contribution in [0.4, 0.5) is 0 Å². The standard InChI is InChI=1S/C9H12O3/c1-2-3-5-6-4-10-9(11-6)8-7(5)12-8/h2-3,5-9H,4H2,1H3/t5-,6?,7-,8?,9-/m1/s1. The highest BCUT2D eigenvalue weighted by molar-refractivity contribution is 5.09. The molecular weight excluding hydrogens is 156 g/mol. The second-order valence-electron chi connectivity index (χ2n) is 3.54. The molecule has 3 rings (SSSR count). The van der Waals surface area contributed by atoms with E-state index in [1.165, 1.54) is 0 Å². The van der Waals surface area contributed by atoms with Crippen LogP contribution in [-0.4, -0.2) is 31.2 Å². The number of hydrogen-bond donors (Lipinski definition) is 0. The molecular formula is C9H12O3. The highest BCUT2D eigenvalue weighted by atomic mass is 16.8. The first-order valence-electron chi connectivity index (χ1n) is 4.45. The van der Waals surface area contributed by atoms with Crippen molar-refractivity contribution in [2.45, 2.75) is 31.5 Å². The van der Waals surface area contributed by atoms with Gasteiger partial charge in [-0.2, -0.15) is 0 Å². The normalized spacial score (nSPS) is 55.9. The summed E-state index contributed by atoms with van der Waals surface area (Å²) in [4.78, 5) is 0. The van der Waals surface area contributed by atoms with E-state index in [0.717, 1.165) is 6.61 Å². The highest BCUT2D eigenvalue weighted by Gasteiger charge is 2.60. The Morgan fingerprint density at radius 1 is 1.25 bits per heavy atom. The third kappa shape index (κ3) is 0.815. The molecule has 3 aliphatic heterocycles. The van der Waals surface area contributed by atoms with Gasteiger partial charge in [-0.1, -0.05) is 12.2 Å². The predicted octanol–water partition coefficient (Wildman–Crippen LogP) is 0.701. The van der Waals surface area contributed by atoms with Gasteiger partial charge in [0.05, 0.1) is 18.8 Å².